The maximum Gasteiger partial charge on any atom is 0.416 e. The van der Waals surface area contributed by atoms with Crippen molar-refractivity contribution in [2.75, 3.05) is 38.6 Å². The van der Waals surface area contributed by atoms with Gasteiger partial charge in [0.05, 0.1) is 19.6 Å². The lowest BCUT2D eigenvalue weighted by Gasteiger charge is -2.19. The minimum absolute atomic E-state index is 0.0185. The molecule has 3 amide bonds. The Kier molecular flexibility index (Phi) is 5.33. The molecular weight excluding hydrogens is 298 g/mol. The highest BCUT2D eigenvalue weighted by molar-refractivity contribution is 5.95. The molecule has 0 unspecified atom stereocenters. The van der Waals surface area contributed by atoms with Gasteiger partial charge in [-0.05, 0) is 38.1 Å². The number of likely N-dealkylation sites (N-methyl/N-ethyl adjacent to an activating group) is 1. The first-order valence-electron chi connectivity index (χ1n) is 7.40. The van der Waals surface area contributed by atoms with Crippen LogP contribution in [0.15, 0.2) is 18.2 Å². The van der Waals surface area contributed by atoms with Gasteiger partial charge in [0.25, 0.3) is 0 Å². The van der Waals surface area contributed by atoms with Crippen LogP contribution in [-0.4, -0.2) is 61.0 Å². The van der Waals surface area contributed by atoms with Gasteiger partial charge in [0.15, 0.2) is 0 Å². The van der Waals surface area contributed by atoms with E-state index in [-0.39, 0.29) is 38.1 Å². The van der Waals surface area contributed by atoms with E-state index in [1.54, 1.807) is 11.9 Å². The summed E-state index contributed by atoms with van der Waals surface area (Å²) in [7, 11) is 1.65. The molecule has 0 atom stereocenters. The van der Waals surface area contributed by atoms with Gasteiger partial charge in [-0.1, -0.05) is 12.1 Å². The highest BCUT2D eigenvalue weighted by Gasteiger charge is 2.28. The highest BCUT2D eigenvalue weighted by Crippen LogP contribution is 2.17. The van der Waals surface area contributed by atoms with E-state index in [1.807, 2.05) is 32.0 Å². The first kappa shape index (κ1) is 17.0. The van der Waals surface area contributed by atoms with Gasteiger partial charge in [0, 0.05) is 5.69 Å². The number of nitrogens with one attached hydrogen (secondary N) is 1. The maximum absolute atomic E-state index is 12.1. The van der Waals surface area contributed by atoms with Crippen LogP contribution in [-0.2, 0) is 14.3 Å². The summed E-state index contributed by atoms with van der Waals surface area (Å²) in [6.45, 7) is 4.45. The molecule has 1 saturated heterocycles. The van der Waals surface area contributed by atoms with Crippen LogP contribution in [0.4, 0.5) is 10.5 Å². The van der Waals surface area contributed by atoms with E-state index < -0.39 is 6.09 Å². The van der Waals surface area contributed by atoms with Crippen molar-refractivity contribution >= 4 is 23.6 Å². The molecule has 124 valence electrons. The van der Waals surface area contributed by atoms with Gasteiger partial charge in [0.2, 0.25) is 11.8 Å². The number of imide groups is 1. The van der Waals surface area contributed by atoms with Crippen LogP contribution in [0.5, 0.6) is 0 Å². The zero-order chi connectivity index (χ0) is 17.0. The molecule has 0 spiro atoms. The topological polar surface area (TPSA) is 79.0 Å². The van der Waals surface area contributed by atoms with Crippen LogP contribution in [0.25, 0.3) is 0 Å². The number of cyclic esters (lactones) is 1. The Hall–Kier alpha value is -2.41. The van der Waals surface area contributed by atoms with E-state index >= 15 is 0 Å². The van der Waals surface area contributed by atoms with Gasteiger partial charge in [0.1, 0.15) is 6.61 Å². The predicted molar refractivity (Wildman–Crippen MR) is 85.1 cm³/mol. The van der Waals surface area contributed by atoms with Crippen molar-refractivity contribution in [2.45, 2.75) is 13.8 Å². The Morgan fingerprint density at radius 1 is 1.30 bits per heavy atom. The van der Waals surface area contributed by atoms with Crippen molar-refractivity contribution in [2.24, 2.45) is 0 Å². The second kappa shape index (κ2) is 7.23. The summed E-state index contributed by atoms with van der Waals surface area (Å²) < 4.78 is 4.72. The molecule has 1 N–H and O–H groups in total. The molecule has 1 aliphatic heterocycles. The van der Waals surface area contributed by atoms with Gasteiger partial charge < -0.3 is 10.1 Å². The molecule has 0 radical (unpaired) electrons. The van der Waals surface area contributed by atoms with Crippen molar-refractivity contribution in [1.29, 1.82) is 0 Å². The smallest absolute Gasteiger partial charge is 0.416 e. The number of carbonyl (C=O) groups is 3. The number of anilines is 1. The zero-order valence-electron chi connectivity index (χ0n) is 13.6. The lowest BCUT2D eigenvalue weighted by Crippen LogP contribution is -2.41. The second-order valence-corrected chi connectivity index (χ2v) is 5.63. The average molecular weight is 319 g/mol. The summed E-state index contributed by atoms with van der Waals surface area (Å²) in [5.74, 6) is -0.576. The summed E-state index contributed by atoms with van der Waals surface area (Å²) in [5, 5.41) is 2.84. The van der Waals surface area contributed by atoms with E-state index in [1.165, 1.54) is 0 Å². The number of carbonyl (C=O) groups excluding carboxylic acids is 3. The number of nitrogens with zero attached hydrogens (tertiary/aromatic N) is 2. The highest BCUT2D eigenvalue weighted by atomic mass is 16.6. The van der Waals surface area contributed by atoms with Gasteiger partial charge in [-0.2, -0.15) is 0 Å². The van der Waals surface area contributed by atoms with Gasteiger partial charge in [-0.3, -0.25) is 14.5 Å². The molecule has 1 aromatic carbocycles. The van der Waals surface area contributed by atoms with Crippen LogP contribution in [0.2, 0.25) is 0 Å². The van der Waals surface area contributed by atoms with Crippen molar-refractivity contribution in [3.63, 3.8) is 0 Å². The van der Waals surface area contributed by atoms with E-state index in [0.717, 1.165) is 21.7 Å². The third kappa shape index (κ3) is 4.29. The van der Waals surface area contributed by atoms with E-state index in [0.29, 0.717) is 0 Å². The van der Waals surface area contributed by atoms with Crippen LogP contribution < -0.4 is 5.32 Å². The van der Waals surface area contributed by atoms with Crippen molar-refractivity contribution in [3.05, 3.63) is 29.3 Å². The molecule has 1 aliphatic rings. The number of amides is 3. The molecule has 7 nitrogen and oxygen atoms in total. The number of hydrogen-bond acceptors (Lipinski definition) is 5. The lowest BCUT2D eigenvalue weighted by atomic mass is 10.1. The number of rotatable bonds is 5. The normalized spacial score (nSPS) is 14.1. The number of aryl methyl sites for hydroxylation is 1. The quantitative estimate of drug-likeness (QED) is 0.881. The van der Waals surface area contributed by atoms with E-state index in [4.69, 9.17) is 4.74 Å². The standard InChI is InChI=1S/C16H21N3O4/c1-11-5-4-6-13(12(11)2)17-14(20)9-18(3)10-15(21)19-7-8-23-16(19)22/h4-6H,7-10H2,1-3H3,(H,17,20). The van der Waals surface area contributed by atoms with Gasteiger partial charge in [-0.25, -0.2) is 9.69 Å². The fourth-order valence-electron chi connectivity index (χ4n) is 2.31. The zero-order valence-corrected chi connectivity index (χ0v) is 13.6. The van der Waals surface area contributed by atoms with Crippen molar-refractivity contribution < 1.29 is 19.1 Å². The molecular formula is C16H21N3O4. The minimum atomic E-state index is -0.622. The molecule has 23 heavy (non-hydrogen) atoms. The minimum Gasteiger partial charge on any atom is -0.447 e. The number of hydrogen-bond donors (Lipinski definition) is 1. The van der Waals surface area contributed by atoms with Crippen molar-refractivity contribution in [3.8, 4) is 0 Å². The van der Waals surface area contributed by atoms with Crippen LogP contribution in [0.1, 0.15) is 11.1 Å². The Labute approximate surface area is 135 Å². The van der Waals surface area contributed by atoms with E-state index in [2.05, 4.69) is 5.32 Å². The van der Waals surface area contributed by atoms with Crippen LogP contribution in [0.3, 0.4) is 0 Å². The van der Waals surface area contributed by atoms with E-state index in [9.17, 15) is 14.4 Å². The third-order valence-electron chi connectivity index (χ3n) is 3.76. The van der Waals surface area contributed by atoms with Crippen molar-refractivity contribution in [1.82, 2.24) is 9.80 Å². The largest absolute Gasteiger partial charge is 0.447 e. The Balaban J connectivity index is 1.86. The second-order valence-electron chi connectivity index (χ2n) is 5.63. The number of benzene rings is 1. The molecule has 0 saturated carbocycles. The molecule has 0 aromatic heterocycles. The first-order chi connectivity index (χ1) is 10.9. The molecule has 1 fully saturated rings. The number of ether oxygens (including phenoxy) is 1. The van der Waals surface area contributed by atoms with Crippen LogP contribution in [0, 0.1) is 13.8 Å². The summed E-state index contributed by atoms with van der Waals surface area (Å²) in [6.07, 6.45) is -0.622. The molecule has 7 heteroatoms. The molecule has 1 heterocycles. The lowest BCUT2D eigenvalue weighted by molar-refractivity contribution is -0.129. The van der Waals surface area contributed by atoms with Gasteiger partial charge in [-0.15, -0.1) is 0 Å². The van der Waals surface area contributed by atoms with Crippen LogP contribution >= 0.6 is 0 Å². The molecule has 0 bridgehead atoms. The Morgan fingerprint density at radius 2 is 2.04 bits per heavy atom. The molecule has 2 rings (SSSR count). The fourth-order valence-corrected chi connectivity index (χ4v) is 2.31. The predicted octanol–water partition coefficient (Wildman–Crippen LogP) is 1.15. The summed E-state index contributed by atoms with van der Waals surface area (Å²) in [6, 6.07) is 5.70. The monoisotopic (exact) mass is 319 g/mol. The SMILES string of the molecule is Cc1cccc(NC(=O)CN(C)CC(=O)N2CCOC2=O)c1C. The fraction of sp³-hybridized carbons (Fsp3) is 0.438. The Bertz CT molecular complexity index is 630. The Morgan fingerprint density at radius 3 is 2.70 bits per heavy atom. The third-order valence-corrected chi connectivity index (χ3v) is 3.76. The molecule has 0 aliphatic carbocycles. The summed E-state index contributed by atoms with van der Waals surface area (Å²) >= 11 is 0. The average Bonchev–Trinajstić information content (AvgIpc) is 2.90. The first-order valence-corrected chi connectivity index (χ1v) is 7.40. The van der Waals surface area contributed by atoms with Gasteiger partial charge >= 0.3 is 6.09 Å². The summed E-state index contributed by atoms with van der Waals surface area (Å²) in [4.78, 5) is 38.0. The summed E-state index contributed by atoms with van der Waals surface area (Å²) in [5.41, 5.74) is 2.87. The molecule has 1 aromatic rings. The maximum atomic E-state index is 12.1.